The van der Waals surface area contributed by atoms with E-state index < -0.39 is 15.2 Å². The van der Waals surface area contributed by atoms with Crippen LogP contribution in [-0.2, 0) is 9.65 Å². The van der Waals surface area contributed by atoms with Crippen molar-refractivity contribution in [3.05, 3.63) is 31.2 Å². The summed E-state index contributed by atoms with van der Waals surface area (Å²) >= 11 is 14.7. The van der Waals surface area contributed by atoms with Crippen molar-refractivity contribution in [1.82, 2.24) is 0 Å². The van der Waals surface area contributed by atoms with Gasteiger partial charge in [0.25, 0.3) is 0 Å². The minimum atomic E-state index is -1.27. The van der Waals surface area contributed by atoms with Gasteiger partial charge in [-0.15, -0.1) is 0 Å². The van der Waals surface area contributed by atoms with E-state index in [0.29, 0.717) is 22.4 Å². The Bertz CT molecular complexity index is 808. The van der Waals surface area contributed by atoms with Gasteiger partial charge in [-0.2, -0.15) is 0 Å². The third-order valence-corrected chi connectivity index (χ3v) is 10.5. The fraction of sp³-hybridized carbons (Fsp3) is 0.667. The number of unbranched alkanes of at least 4 members (excludes halogenated alkanes) is 2. The molecule has 8 heteroatoms. The van der Waals surface area contributed by atoms with Gasteiger partial charge in [0.15, 0.2) is 0 Å². The lowest BCUT2D eigenvalue weighted by Gasteiger charge is -2.35. The second-order valence-electron chi connectivity index (χ2n) is 8.33. The SMILES string of the molecule is CCCCC(CC)Cc1c(Br)c(Br)c(C(=O)O)c(C(=O)O)c1C(Br)(Br)C(CC)CCCC. The monoisotopic (exact) mass is 702 g/mol. The first kappa shape index (κ1) is 30.1. The van der Waals surface area contributed by atoms with Gasteiger partial charge in [-0.05, 0) is 67.7 Å². The van der Waals surface area contributed by atoms with Crippen LogP contribution in [-0.4, -0.2) is 22.2 Å². The molecule has 0 fully saturated rings. The zero-order valence-electron chi connectivity index (χ0n) is 19.2. The molecule has 1 aromatic carbocycles. The normalized spacial score (nSPS) is 13.8. The molecule has 2 unspecified atom stereocenters. The summed E-state index contributed by atoms with van der Waals surface area (Å²) in [6.45, 7) is 8.53. The first-order chi connectivity index (χ1) is 15.0. The Morgan fingerprint density at radius 1 is 0.844 bits per heavy atom. The number of carboxylic acid groups (broad SMARTS) is 2. The topological polar surface area (TPSA) is 74.6 Å². The molecule has 2 atom stereocenters. The fourth-order valence-electron chi connectivity index (χ4n) is 4.24. The van der Waals surface area contributed by atoms with Crippen molar-refractivity contribution in [1.29, 1.82) is 0 Å². The summed E-state index contributed by atoms with van der Waals surface area (Å²) in [4.78, 5) is 24.7. The highest BCUT2D eigenvalue weighted by Gasteiger charge is 2.43. The maximum atomic E-state index is 12.5. The van der Waals surface area contributed by atoms with Crippen molar-refractivity contribution in [2.24, 2.45) is 11.8 Å². The Balaban J connectivity index is 3.95. The van der Waals surface area contributed by atoms with E-state index in [2.05, 4.69) is 91.4 Å². The van der Waals surface area contributed by atoms with Gasteiger partial charge in [0.2, 0.25) is 0 Å². The van der Waals surface area contributed by atoms with Crippen LogP contribution in [0.15, 0.2) is 8.95 Å². The molecule has 182 valence electrons. The molecule has 0 aromatic heterocycles. The quantitative estimate of drug-likeness (QED) is 0.189. The lowest BCUT2D eigenvalue weighted by atomic mass is 9.81. The molecular formula is C24H34Br4O4. The smallest absolute Gasteiger partial charge is 0.337 e. The molecule has 0 bridgehead atoms. The molecule has 0 amide bonds. The second-order valence-corrected chi connectivity index (χ2v) is 13.5. The van der Waals surface area contributed by atoms with Crippen LogP contribution in [0.1, 0.15) is 111 Å². The van der Waals surface area contributed by atoms with Crippen molar-refractivity contribution in [2.75, 3.05) is 0 Å². The van der Waals surface area contributed by atoms with Gasteiger partial charge in [0, 0.05) is 8.95 Å². The van der Waals surface area contributed by atoms with Crippen molar-refractivity contribution in [3.63, 3.8) is 0 Å². The van der Waals surface area contributed by atoms with Crippen LogP contribution in [0.3, 0.4) is 0 Å². The Hall–Kier alpha value is 0.0800. The van der Waals surface area contributed by atoms with E-state index in [1.165, 1.54) is 0 Å². The van der Waals surface area contributed by atoms with Crippen LogP contribution in [0.25, 0.3) is 0 Å². The first-order valence-corrected chi connectivity index (χ1v) is 14.5. The summed E-state index contributed by atoms with van der Waals surface area (Å²) < 4.78 is 0.0473. The minimum Gasteiger partial charge on any atom is -0.478 e. The molecule has 0 saturated heterocycles. The van der Waals surface area contributed by atoms with Gasteiger partial charge in [0.1, 0.15) is 3.23 Å². The van der Waals surface area contributed by atoms with E-state index in [0.717, 1.165) is 56.9 Å². The Kier molecular flexibility index (Phi) is 13.0. The van der Waals surface area contributed by atoms with Gasteiger partial charge in [-0.3, -0.25) is 0 Å². The van der Waals surface area contributed by atoms with Crippen molar-refractivity contribution < 1.29 is 19.8 Å². The molecule has 0 aliphatic carbocycles. The molecule has 0 aliphatic heterocycles. The van der Waals surface area contributed by atoms with E-state index in [1.807, 2.05) is 0 Å². The molecule has 1 rings (SSSR count). The number of hydrogen-bond acceptors (Lipinski definition) is 2. The minimum absolute atomic E-state index is 0.0877. The molecule has 0 aliphatic rings. The van der Waals surface area contributed by atoms with Crippen LogP contribution < -0.4 is 0 Å². The lowest BCUT2D eigenvalue weighted by Crippen LogP contribution is -2.29. The van der Waals surface area contributed by atoms with Crippen LogP contribution in [0, 0.1) is 11.8 Å². The van der Waals surface area contributed by atoms with E-state index in [9.17, 15) is 19.8 Å². The summed E-state index contributed by atoms with van der Waals surface area (Å²) in [6.07, 6.45) is 8.64. The van der Waals surface area contributed by atoms with E-state index in [4.69, 9.17) is 0 Å². The van der Waals surface area contributed by atoms with Crippen LogP contribution in [0.4, 0.5) is 0 Å². The summed E-state index contributed by atoms with van der Waals surface area (Å²) in [6, 6.07) is 0. The van der Waals surface area contributed by atoms with Crippen molar-refractivity contribution in [3.8, 4) is 0 Å². The number of benzene rings is 1. The highest BCUT2D eigenvalue weighted by molar-refractivity contribution is 9.24. The predicted octanol–water partition coefficient (Wildman–Crippen LogP) is 9.53. The highest BCUT2D eigenvalue weighted by atomic mass is 79.9. The summed E-state index contributed by atoms with van der Waals surface area (Å²) in [5.41, 5.74) is 0.997. The lowest BCUT2D eigenvalue weighted by molar-refractivity contribution is 0.0649. The number of aromatic carboxylic acids is 2. The number of halogens is 4. The number of carboxylic acids is 2. The molecule has 1 aromatic rings. The molecule has 0 heterocycles. The summed E-state index contributed by atoms with van der Waals surface area (Å²) in [5.74, 6) is -2.04. The van der Waals surface area contributed by atoms with Crippen LogP contribution >= 0.6 is 63.7 Å². The summed E-state index contributed by atoms with van der Waals surface area (Å²) in [5, 5.41) is 20.2. The molecule has 2 N–H and O–H groups in total. The molecule has 4 nitrogen and oxygen atoms in total. The van der Waals surface area contributed by atoms with E-state index in [-0.39, 0.29) is 21.5 Å². The van der Waals surface area contributed by atoms with E-state index in [1.54, 1.807) is 0 Å². The third-order valence-electron chi connectivity index (χ3n) is 6.19. The maximum Gasteiger partial charge on any atom is 0.337 e. The van der Waals surface area contributed by atoms with Crippen LogP contribution in [0.2, 0.25) is 0 Å². The van der Waals surface area contributed by atoms with Gasteiger partial charge < -0.3 is 10.2 Å². The standard InChI is InChI=1S/C24H34Br4O4/c1-5-9-11-14(7-3)13-16-19(24(27,28)15(8-4)12-10-6-2)17(22(29)30)18(23(31)32)21(26)20(16)25/h14-15H,5-13H2,1-4H3,(H,29,30)(H,31,32). The van der Waals surface area contributed by atoms with E-state index >= 15 is 0 Å². The number of carbonyl (C=O) groups is 2. The van der Waals surface area contributed by atoms with Gasteiger partial charge in [-0.1, -0.05) is 105 Å². The highest BCUT2D eigenvalue weighted by Crippen LogP contribution is 2.54. The number of hydrogen-bond donors (Lipinski definition) is 2. The molecule has 32 heavy (non-hydrogen) atoms. The number of rotatable bonds is 14. The molecule has 0 radical (unpaired) electrons. The van der Waals surface area contributed by atoms with Crippen LogP contribution in [0.5, 0.6) is 0 Å². The Morgan fingerprint density at radius 2 is 1.38 bits per heavy atom. The fourth-order valence-corrected chi connectivity index (χ4v) is 7.39. The van der Waals surface area contributed by atoms with Crippen molar-refractivity contribution in [2.45, 2.75) is 88.7 Å². The largest absolute Gasteiger partial charge is 0.478 e. The van der Waals surface area contributed by atoms with Crippen molar-refractivity contribution >= 4 is 75.7 Å². The Labute approximate surface area is 225 Å². The molecule has 0 spiro atoms. The third kappa shape index (κ3) is 7.05. The maximum absolute atomic E-state index is 12.5. The zero-order chi connectivity index (χ0) is 24.6. The molecule has 0 saturated carbocycles. The van der Waals surface area contributed by atoms with Gasteiger partial charge in [-0.25, -0.2) is 9.59 Å². The van der Waals surface area contributed by atoms with Gasteiger partial charge in [0.05, 0.1) is 11.1 Å². The second kappa shape index (κ2) is 13.8. The predicted molar refractivity (Wildman–Crippen MR) is 146 cm³/mol. The Morgan fingerprint density at radius 3 is 1.81 bits per heavy atom. The molecular weight excluding hydrogens is 672 g/mol. The summed E-state index contributed by atoms with van der Waals surface area (Å²) in [7, 11) is 0. The number of alkyl halides is 2. The average molecular weight is 706 g/mol. The zero-order valence-corrected chi connectivity index (χ0v) is 25.6. The average Bonchev–Trinajstić information content (AvgIpc) is 2.73. The first-order valence-electron chi connectivity index (χ1n) is 11.4. The van der Waals surface area contributed by atoms with Gasteiger partial charge >= 0.3 is 11.9 Å².